The normalized spacial score (nSPS) is 21.0. The standard InChI is InChI=1S/C33H36F4N4O7/c1-30(2,3)47-28(45)39-31(4,5)26(43)38-22-9-10-23-19(15-22)12-13-32(23)27(44)41(29(46)48-32)17-25(42)40-16-20-6-8-21(34)14-18(20)7-11-24(40)33(35,36)37/h6,8-10,14-15,24H,7,11-13,16-17H2,1-5H3,(H,38,43)(H,39,45)/t24-,32?/m0/s1. The van der Waals surface area contributed by atoms with Gasteiger partial charge < -0.3 is 25.0 Å². The molecule has 258 valence electrons. The van der Waals surface area contributed by atoms with Crippen LogP contribution in [0, 0.1) is 5.82 Å². The number of imide groups is 1. The van der Waals surface area contributed by atoms with Gasteiger partial charge in [0, 0.05) is 24.2 Å². The zero-order valence-corrected chi connectivity index (χ0v) is 27.0. The van der Waals surface area contributed by atoms with E-state index in [0.29, 0.717) is 37.7 Å². The average Bonchev–Trinajstić information content (AvgIpc) is 3.33. The number of fused-ring (bicyclic) bond motifs is 3. The molecule has 1 saturated heterocycles. The van der Waals surface area contributed by atoms with E-state index in [9.17, 15) is 41.5 Å². The van der Waals surface area contributed by atoms with Gasteiger partial charge in [-0.2, -0.15) is 13.2 Å². The Bertz CT molecular complexity index is 1690. The topological polar surface area (TPSA) is 134 Å². The van der Waals surface area contributed by atoms with Crippen LogP contribution in [0.3, 0.4) is 0 Å². The predicted molar refractivity (Wildman–Crippen MR) is 162 cm³/mol. The number of halogens is 4. The van der Waals surface area contributed by atoms with E-state index in [1.807, 2.05) is 0 Å². The van der Waals surface area contributed by atoms with Crippen molar-refractivity contribution in [2.24, 2.45) is 0 Å². The lowest BCUT2D eigenvalue weighted by Crippen LogP contribution is -2.53. The highest BCUT2D eigenvalue weighted by atomic mass is 19.4. The third-order valence-electron chi connectivity index (χ3n) is 8.56. The zero-order chi connectivity index (χ0) is 35.4. The fraction of sp³-hybridized carbons (Fsp3) is 0.485. The maximum atomic E-state index is 14.1. The molecule has 1 spiro atoms. The van der Waals surface area contributed by atoms with E-state index in [1.54, 1.807) is 26.8 Å². The molecule has 2 N–H and O–H groups in total. The molecule has 2 atom stereocenters. The number of hydrogen-bond acceptors (Lipinski definition) is 7. The van der Waals surface area contributed by atoms with Crippen molar-refractivity contribution in [1.29, 1.82) is 0 Å². The van der Waals surface area contributed by atoms with Crippen LogP contribution in [0.15, 0.2) is 36.4 Å². The summed E-state index contributed by atoms with van der Waals surface area (Å²) in [5.74, 6) is -3.18. The maximum absolute atomic E-state index is 14.1. The van der Waals surface area contributed by atoms with Crippen molar-refractivity contribution in [3.05, 3.63) is 64.5 Å². The average molecular weight is 677 g/mol. The Morgan fingerprint density at radius 1 is 0.979 bits per heavy atom. The summed E-state index contributed by atoms with van der Waals surface area (Å²) in [6, 6.07) is 5.90. The Labute approximate surface area is 273 Å². The third kappa shape index (κ3) is 6.81. The van der Waals surface area contributed by atoms with Gasteiger partial charge in [0.2, 0.25) is 17.4 Å². The summed E-state index contributed by atoms with van der Waals surface area (Å²) in [4.78, 5) is 66.5. The van der Waals surface area contributed by atoms with Crippen LogP contribution in [0.5, 0.6) is 0 Å². The highest BCUT2D eigenvalue weighted by Gasteiger charge is 2.59. The van der Waals surface area contributed by atoms with Crippen molar-refractivity contribution < 1.29 is 51.0 Å². The number of alkyl halides is 3. The molecule has 0 aromatic heterocycles. The smallest absolute Gasteiger partial charge is 0.418 e. The first-order valence-electron chi connectivity index (χ1n) is 15.3. The highest BCUT2D eigenvalue weighted by molar-refractivity contribution is 6.06. The van der Waals surface area contributed by atoms with Crippen molar-refractivity contribution in [2.75, 3.05) is 11.9 Å². The number of rotatable bonds is 5. The van der Waals surface area contributed by atoms with Crippen molar-refractivity contribution >= 4 is 35.6 Å². The lowest BCUT2D eigenvalue weighted by molar-refractivity contribution is -0.192. The number of carbonyl (C=O) groups is 5. The Morgan fingerprint density at radius 3 is 2.35 bits per heavy atom. The first-order chi connectivity index (χ1) is 22.2. The van der Waals surface area contributed by atoms with E-state index >= 15 is 0 Å². The van der Waals surface area contributed by atoms with Crippen molar-refractivity contribution in [3.8, 4) is 0 Å². The second-order valence-electron chi connectivity index (χ2n) is 13.7. The van der Waals surface area contributed by atoms with E-state index in [0.717, 1.165) is 12.1 Å². The summed E-state index contributed by atoms with van der Waals surface area (Å²) >= 11 is 0. The molecule has 15 heteroatoms. The summed E-state index contributed by atoms with van der Waals surface area (Å²) < 4.78 is 66.9. The van der Waals surface area contributed by atoms with Crippen LogP contribution < -0.4 is 10.6 Å². The fourth-order valence-corrected chi connectivity index (χ4v) is 6.19. The van der Waals surface area contributed by atoms with Crippen LogP contribution in [-0.4, -0.2) is 69.6 Å². The van der Waals surface area contributed by atoms with Gasteiger partial charge in [-0.25, -0.2) is 18.9 Å². The Hall–Kier alpha value is -4.69. The van der Waals surface area contributed by atoms with E-state index in [2.05, 4.69) is 10.6 Å². The van der Waals surface area contributed by atoms with Crippen LogP contribution >= 0.6 is 0 Å². The second kappa shape index (κ2) is 12.1. The largest absolute Gasteiger partial charge is 0.444 e. The molecule has 11 nitrogen and oxygen atoms in total. The molecule has 3 aliphatic rings. The number of benzene rings is 2. The van der Waals surface area contributed by atoms with Crippen LogP contribution in [0.4, 0.5) is 32.8 Å². The van der Waals surface area contributed by atoms with Gasteiger partial charge in [-0.1, -0.05) is 12.1 Å². The summed E-state index contributed by atoms with van der Waals surface area (Å²) in [5, 5.41) is 5.22. The lowest BCUT2D eigenvalue weighted by Gasteiger charge is -2.32. The van der Waals surface area contributed by atoms with Gasteiger partial charge in [-0.05, 0) is 94.8 Å². The number of aryl methyl sites for hydroxylation is 2. The van der Waals surface area contributed by atoms with E-state index in [1.165, 1.54) is 32.0 Å². The fourth-order valence-electron chi connectivity index (χ4n) is 6.19. The lowest BCUT2D eigenvalue weighted by atomic mass is 9.94. The van der Waals surface area contributed by atoms with Gasteiger partial charge in [0.15, 0.2) is 0 Å². The number of hydrogen-bond donors (Lipinski definition) is 2. The molecular weight excluding hydrogens is 640 g/mol. The van der Waals surface area contributed by atoms with Gasteiger partial charge in [-0.3, -0.25) is 14.4 Å². The SMILES string of the molecule is CC(C)(C)OC(=O)NC(C)(C)C(=O)Nc1ccc2c(c1)CCC21OC(=O)N(CC(=O)N2Cc3ccc(F)cc3CC[C@H]2C(F)(F)F)C1=O. The van der Waals surface area contributed by atoms with Gasteiger partial charge in [0.1, 0.15) is 29.5 Å². The monoisotopic (exact) mass is 676 g/mol. The summed E-state index contributed by atoms with van der Waals surface area (Å²) in [6.07, 6.45) is -7.16. The number of ether oxygens (including phenoxy) is 2. The van der Waals surface area contributed by atoms with Gasteiger partial charge in [0.05, 0.1) is 0 Å². The van der Waals surface area contributed by atoms with Crippen molar-refractivity contribution in [3.63, 3.8) is 0 Å². The van der Waals surface area contributed by atoms with Gasteiger partial charge >= 0.3 is 18.4 Å². The molecule has 5 amide bonds. The summed E-state index contributed by atoms with van der Waals surface area (Å²) in [6.45, 7) is 6.56. The molecule has 2 aliphatic heterocycles. The summed E-state index contributed by atoms with van der Waals surface area (Å²) in [7, 11) is 0. The van der Waals surface area contributed by atoms with Crippen molar-refractivity contribution in [2.45, 2.75) is 95.8 Å². The quantitative estimate of drug-likeness (QED) is 0.422. The van der Waals surface area contributed by atoms with Crippen LogP contribution in [0.25, 0.3) is 0 Å². The molecule has 2 aromatic carbocycles. The number of anilines is 1. The number of nitrogens with one attached hydrogen (secondary N) is 2. The Kier molecular flexibility index (Phi) is 8.72. The number of alkyl carbamates (subject to hydrolysis) is 1. The first kappa shape index (κ1) is 34.6. The van der Waals surface area contributed by atoms with Gasteiger partial charge in [-0.15, -0.1) is 0 Å². The molecular formula is C33H36F4N4O7. The molecule has 1 fully saturated rings. The number of carbonyl (C=O) groups excluding carboxylic acids is 5. The molecule has 1 aliphatic carbocycles. The van der Waals surface area contributed by atoms with Crippen molar-refractivity contribution in [1.82, 2.24) is 15.1 Å². The minimum Gasteiger partial charge on any atom is -0.444 e. The Morgan fingerprint density at radius 2 is 1.69 bits per heavy atom. The molecule has 0 bridgehead atoms. The second-order valence-corrected chi connectivity index (χ2v) is 13.7. The van der Waals surface area contributed by atoms with E-state index in [-0.39, 0.29) is 19.3 Å². The molecule has 1 unspecified atom stereocenters. The van der Waals surface area contributed by atoms with E-state index in [4.69, 9.17) is 9.47 Å². The molecule has 48 heavy (non-hydrogen) atoms. The van der Waals surface area contributed by atoms with Crippen LogP contribution in [0.2, 0.25) is 0 Å². The zero-order valence-electron chi connectivity index (χ0n) is 27.0. The molecule has 2 aromatic rings. The first-order valence-corrected chi connectivity index (χ1v) is 15.3. The number of nitrogens with zero attached hydrogens (tertiary/aromatic N) is 2. The predicted octanol–water partition coefficient (Wildman–Crippen LogP) is 5.09. The van der Waals surface area contributed by atoms with E-state index < -0.39 is 84.2 Å². The minimum atomic E-state index is -4.81. The van der Waals surface area contributed by atoms with Crippen LogP contribution in [-0.2, 0) is 48.8 Å². The maximum Gasteiger partial charge on any atom is 0.418 e. The molecule has 5 rings (SSSR count). The van der Waals surface area contributed by atoms with Gasteiger partial charge in [0.25, 0.3) is 5.91 Å². The number of amides is 5. The molecule has 2 heterocycles. The highest BCUT2D eigenvalue weighted by Crippen LogP contribution is 2.46. The molecule has 0 saturated carbocycles. The van der Waals surface area contributed by atoms with Crippen LogP contribution in [0.1, 0.15) is 69.7 Å². The minimum absolute atomic E-state index is 0.00845. The summed E-state index contributed by atoms with van der Waals surface area (Å²) in [5.41, 5.74) is -2.05. The Balaban J connectivity index is 1.31. The third-order valence-corrected chi connectivity index (χ3v) is 8.56. The molecule has 0 radical (unpaired) electrons.